The van der Waals surface area contributed by atoms with Gasteiger partial charge in [0.25, 0.3) is 0 Å². The van der Waals surface area contributed by atoms with E-state index in [2.05, 4.69) is 194 Å². The maximum absolute atomic E-state index is 10.5. The van der Waals surface area contributed by atoms with Crippen molar-refractivity contribution in [1.82, 2.24) is 15.0 Å². The maximum atomic E-state index is 10.5. The minimum atomic E-state index is 0.601. The summed E-state index contributed by atoms with van der Waals surface area (Å²) >= 11 is 0. The largest absolute Gasteiger partial charge is 0.208 e. The predicted octanol–water partition coefficient (Wildman–Crippen LogP) is 16.0. The Morgan fingerprint density at radius 2 is 0.742 bits per heavy atom. The normalized spacial score (nSPS) is 11.3. The number of rotatable bonds is 7. The first-order chi connectivity index (χ1) is 32.6. The third-order valence-electron chi connectivity index (χ3n) is 12.8. The lowest BCUT2D eigenvalue weighted by molar-refractivity contribution is 1.08. The van der Waals surface area contributed by atoms with E-state index in [0.29, 0.717) is 23.0 Å². The van der Waals surface area contributed by atoms with Gasteiger partial charge in [0.1, 0.15) is 0 Å². The molecule has 0 aliphatic heterocycles. The summed E-state index contributed by atoms with van der Waals surface area (Å²) in [5, 5.41) is 20.1. The van der Waals surface area contributed by atoms with Crippen LogP contribution in [0.2, 0.25) is 0 Å². The molecule has 0 saturated carbocycles. The van der Waals surface area contributed by atoms with Gasteiger partial charge < -0.3 is 0 Å². The lowest BCUT2D eigenvalue weighted by Crippen LogP contribution is -2.00. The van der Waals surface area contributed by atoms with Crippen molar-refractivity contribution < 1.29 is 0 Å². The van der Waals surface area contributed by atoms with Crippen LogP contribution in [0.3, 0.4) is 0 Å². The molecule has 1 aromatic heterocycles. The standard InChI is InChI=1S/C62H38N4/c63-39-51-20-10-23-54(49-18-8-17-47(36-49)48-33-30-43-29-28-41-12-5-7-22-53(41)58(43)38-48)59(51)50-19-9-16-46(37-50)40-26-31-45(32-27-40)61-64-60(44-14-2-1-3-15-44)65-62(66-61)57-25-11-24-55-52-21-6-4-13-42(52)34-35-56(55)57/h1-38H. The van der Waals surface area contributed by atoms with Gasteiger partial charge in [-0.05, 0) is 106 Å². The molecule has 12 rings (SSSR count). The van der Waals surface area contributed by atoms with Gasteiger partial charge in [0, 0.05) is 22.3 Å². The highest BCUT2D eigenvalue weighted by molar-refractivity contribution is 6.12. The van der Waals surface area contributed by atoms with Crippen molar-refractivity contribution in [2.45, 2.75) is 0 Å². The van der Waals surface area contributed by atoms with E-state index in [0.717, 1.165) is 72.0 Å². The zero-order valence-corrected chi connectivity index (χ0v) is 35.7. The van der Waals surface area contributed by atoms with Crippen LogP contribution in [-0.4, -0.2) is 15.0 Å². The molecule has 0 bridgehead atoms. The van der Waals surface area contributed by atoms with Crippen LogP contribution in [0.1, 0.15) is 5.56 Å². The molecule has 4 nitrogen and oxygen atoms in total. The van der Waals surface area contributed by atoms with E-state index in [1.54, 1.807) is 0 Å². The van der Waals surface area contributed by atoms with Gasteiger partial charge >= 0.3 is 0 Å². The monoisotopic (exact) mass is 838 g/mol. The van der Waals surface area contributed by atoms with Crippen molar-refractivity contribution in [2.75, 3.05) is 0 Å². The average Bonchev–Trinajstić information content (AvgIpc) is 3.40. The molecule has 0 spiro atoms. The molecular formula is C62H38N4. The summed E-state index contributed by atoms with van der Waals surface area (Å²) in [5.74, 6) is 1.84. The van der Waals surface area contributed by atoms with Crippen LogP contribution in [0.25, 0.3) is 122 Å². The molecule has 306 valence electrons. The summed E-state index contributed by atoms with van der Waals surface area (Å²) in [5.41, 5.74) is 11.7. The van der Waals surface area contributed by atoms with Crippen molar-refractivity contribution in [2.24, 2.45) is 0 Å². The molecule has 0 amide bonds. The Hall–Kier alpha value is -9.04. The summed E-state index contributed by atoms with van der Waals surface area (Å²) in [7, 11) is 0. The first-order valence-corrected chi connectivity index (χ1v) is 22.1. The van der Waals surface area contributed by atoms with Crippen molar-refractivity contribution in [1.29, 1.82) is 5.26 Å². The van der Waals surface area contributed by atoms with Crippen LogP contribution >= 0.6 is 0 Å². The summed E-state index contributed by atoms with van der Waals surface area (Å²) in [6, 6.07) is 83.0. The summed E-state index contributed by atoms with van der Waals surface area (Å²) in [6.07, 6.45) is 0. The van der Waals surface area contributed by atoms with Crippen LogP contribution in [0, 0.1) is 11.3 Å². The molecule has 66 heavy (non-hydrogen) atoms. The maximum Gasteiger partial charge on any atom is 0.164 e. The lowest BCUT2D eigenvalue weighted by Gasteiger charge is -2.15. The fourth-order valence-electron chi connectivity index (χ4n) is 9.49. The topological polar surface area (TPSA) is 62.5 Å². The molecule has 0 N–H and O–H groups in total. The second-order valence-electron chi connectivity index (χ2n) is 16.7. The Balaban J connectivity index is 0.907. The molecule has 0 aliphatic rings. The van der Waals surface area contributed by atoms with Crippen molar-refractivity contribution in [3.63, 3.8) is 0 Å². The molecule has 0 aliphatic carbocycles. The van der Waals surface area contributed by atoms with E-state index in [4.69, 9.17) is 15.0 Å². The molecule has 0 saturated heterocycles. The third kappa shape index (κ3) is 6.93. The minimum absolute atomic E-state index is 0.601. The van der Waals surface area contributed by atoms with Crippen LogP contribution in [0.4, 0.5) is 0 Å². The fourth-order valence-corrected chi connectivity index (χ4v) is 9.49. The first-order valence-electron chi connectivity index (χ1n) is 22.1. The smallest absolute Gasteiger partial charge is 0.164 e. The Kier molecular flexibility index (Phi) is 9.51. The van der Waals surface area contributed by atoms with E-state index in [9.17, 15) is 5.26 Å². The van der Waals surface area contributed by atoms with Crippen molar-refractivity contribution >= 4 is 43.1 Å². The Morgan fingerprint density at radius 1 is 0.273 bits per heavy atom. The zero-order valence-electron chi connectivity index (χ0n) is 35.7. The van der Waals surface area contributed by atoms with Crippen molar-refractivity contribution in [3.8, 4) is 84.7 Å². The van der Waals surface area contributed by atoms with Crippen LogP contribution < -0.4 is 0 Å². The molecule has 12 aromatic rings. The molecule has 1 heterocycles. The Labute approximate surface area is 382 Å². The summed E-state index contributed by atoms with van der Waals surface area (Å²) in [6.45, 7) is 0. The van der Waals surface area contributed by atoms with Crippen LogP contribution in [0.15, 0.2) is 231 Å². The van der Waals surface area contributed by atoms with Gasteiger partial charge in [-0.15, -0.1) is 0 Å². The predicted molar refractivity (Wildman–Crippen MR) is 273 cm³/mol. The summed E-state index contributed by atoms with van der Waals surface area (Å²) in [4.78, 5) is 15.3. The van der Waals surface area contributed by atoms with Crippen molar-refractivity contribution in [3.05, 3.63) is 236 Å². The second-order valence-corrected chi connectivity index (χ2v) is 16.7. The van der Waals surface area contributed by atoms with Gasteiger partial charge in [-0.25, -0.2) is 15.0 Å². The van der Waals surface area contributed by atoms with E-state index in [1.807, 2.05) is 42.5 Å². The van der Waals surface area contributed by atoms with Gasteiger partial charge in [0.15, 0.2) is 17.5 Å². The average molecular weight is 839 g/mol. The summed E-state index contributed by atoms with van der Waals surface area (Å²) < 4.78 is 0. The van der Waals surface area contributed by atoms with E-state index >= 15 is 0 Å². The Morgan fingerprint density at radius 3 is 1.50 bits per heavy atom. The minimum Gasteiger partial charge on any atom is -0.208 e. The number of nitrogens with zero attached hydrogens (tertiary/aromatic N) is 4. The lowest BCUT2D eigenvalue weighted by atomic mass is 9.88. The van der Waals surface area contributed by atoms with Gasteiger partial charge in [-0.2, -0.15) is 5.26 Å². The first kappa shape index (κ1) is 38.6. The van der Waals surface area contributed by atoms with Gasteiger partial charge in [-0.1, -0.05) is 206 Å². The zero-order chi connectivity index (χ0) is 44.0. The fraction of sp³-hybridized carbons (Fsp3) is 0. The SMILES string of the molecule is N#Cc1cccc(-c2cccc(-c3ccc4ccc5ccccc5c4c3)c2)c1-c1cccc(-c2ccc(-c3nc(-c4ccccc4)nc(-c4cccc5c4ccc4ccccc45)n3)cc2)c1. The number of hydrogen-bond acceptors (Lipinski definition) is 4. The van der Waals surface area contributed by atoms with E-state index in [-0.39, 0.29) is 0 Å². The molecule has 4 heteroatoms. The molecule has 0 unspecified atom stereocenters. The molecule has 0 atom stereocenters. The van der Waals surface area contributed by atoms with E-state index < -0.39 is 0 Å². The Bertz CT molecular complexity index is 3890. The molecular weight excluding hydrogens is 801 g/mol. The highest BCUT2D eigenvalue weighted by Crippen LogP contribution is 2.40. The number of hydrogen-bond donors (Lipinski definition) is 0. The highest BCUT2D eigenvalue weighted by Gasteiger charge is 2.17. The molecule has 0 radical (unpaired) electrons. The second kappa shape index (κ2) is 16.3. The number of nitriles is 1. The molecule has 0 fully saturated rings. The van der Waals surface area contributed by atoms with E-state index in [1.165, 1.54) is 32.3 Å². The number of aromatic nitrogens is 3. The van der Waals surface area contributed by atoms with Gasteiger partial charge in [0.2, 0.25) is 0 Å². The van der Waals surface area contributed by atoms with Crippen LogP contribution in [-0.2, 0) is 0 Å². The number of fused-ring (bicyclic) bond motifs is 6. The quantitative estimate of drug-likeness (QED) is 0.150. The molecule has 11 aromatic carbocycles. The van der Waals surface area contributed by atoms with Gasteiger partial charge in [0.05, 0.1) is 11.6 Å². The third-order valence-corrected chi connectivity index (χ3v) is 12.8. The van der Waals surface area contributed by atoms with Crippen LogP contribution in [0.5, 0.6) is 0 Å². The van der Waals surface area contributed by atoms with Gasteiger partial charge in [-0.3, -0.25) is 0 Å². The number of benzene rings is 11. The highest BCUT2D eigenvalue weighted by atomic mass is 15.0.